The molecular formula is C11H12N2. The van der Waals surface area contributed by atoms with E-state index >= 15 is 0 Å². The molecule has 2 heteroatoms. The fraction of sp³-hybridized carbons (Fsp3) is 0.364. The largest absolute Gasteiger partial charge is 0.273 e. The molecular weight excluding hydrogens is 160 g/mol. The molecule has 2 aliphatic heterocycles. The number of nitrogens with zero attached hydrogens (tertiary/aromatic N) is 2. The molecule has 0 amide bonds. The maximum Gasteiger partial charge on any atom is 0.128 e. The van der Waals surface area contributed by atoms with Crippen LogP contribution in [0.1, 0.15) is 17.3 Å². The molecule has 0 aromatic heterocycles. The lowest BCUT2D eigenvalue weighted by Crippen LogP contribution is -2.31. The second-order valence-corrected chi connectivity index (χ2v) is 3.65. The predicted octanol–water partition coefficient (Wildman–Crippen LogP) is 1.63. The molecule has 0 spiro atoms. The van der Waals surface area contributed by atoms with Crippen LogP contribution in [-0.2, 0) is 6.42 Å². The summed E-state index contributed by atoms with van der Waals surface area (Å²) in [6.07, 6.45) is 3.54. The molecule has 2 nitrogen and oxygen atoms in total. The van der Waals surface area contributed by atoms with E-state index in [0.29, 0.717) is 6.17 Å². The van der Waals surface area contributed by atoms with Gasteiger partial charge in [0.05, 0.1) is 0 Å². The molecule has 0 N–H and O–H groups in total. The fourth-order valence-corrected chi connectivity index (χ4v) is 2.21. The van der Waals surface area contributed by atoms with Crippen molar-refractivity contribution in [1.29, 1.82) is 0 Å². The van der Waals surface area contributed by atoms with E-state index < -0.39 is 0 Å². The van der Waals surface area contributed by atoms with Gasteiger partial charge < -0.3 is 0 Å². The summed E-state index contributed by atoms with van der Waals surface area (Å²) in [6, 6.07) is 8.65. The lowest BCUT2D eigenvalue weighted by Gasteiger charge is -2.29. The van der Waals surface area contributed by atoms with Crippen molar-refractivity contribution in [2.45, 2.75) is 12.6 Å². The standard InChI is InChI=1S/C11H12N2/c1-2-4-10-9(3-1)5-7-13-8-6-12-11(10)13/h1-4,6,11H,5,7-8H2. The average molecular weight is 172 g/mol. The maximum absolute atomic E-state index is 4.50. The highest BCUT2D eigenvalue weighted by molar-refractivity contribution is 5.63. The molecule has 13 heavy (non-hydrogen) atoms. The Morgan fingerprint density at radius 2 is 2.23 bits per heavy atom. The third-order valence-electron chi connectivity index (χ3n) is 2.91. The van der Waals surface area contributed by atoms with Crippen LogP contribution in [0, 0.1) is 0 Å². The van der Waals surface area contributed by atoms with Crippen LogP contribution in [0.25, 0.3) is 0 Å². The zero-order valence-electron chi connectivity index (χ0n) is 7.48. The maximum atomic E-state index is 4.50. The van der Waals surface area contributed by atoms with Crippen molar-refractivity contribution < 1.29 is 0 Å². The monoisotopic (exact) mass is 172 g/mol. The Bertz CT molecular complexity index is 357. The van der Waals surface area contributed by atoms with Gasteiger partial charge in [-0.1, -0.05) is 24.3 Å². The van der Waals surface area contributed by atoms with Crippen LogP contribution in [0.15, 0.2) is 29.3 Å². The van der Waals surface area contributed by atoms with Gasteiger partial charge in [0.1, 0.15) is 6.17 Å². The third-order valence-corrected chi connectivity index (χ3v) is 2.91. The number of hydrogen-bond acceptors (Lipinski definition) is 2. The Labute approximate surface area is 77.9 Å². The lowest BCUT2D eigenvalue weighted by molar-refractivity contribution is 0.241. The van der Waals surface area contributed by atoms with Crippen LogP contribution in [-0.4, -0.2) is 24.2 Å². The molecule has 3 rings (SSSR count). The summed E-state index contributed by atoms with van der Waals surface area (Å²) in [5, 5.41) is 0. The number of fused-ring (bicyclic) bond motifs is 3. The summed E-state index contributed by atoms with van der Waals surface area (Å²) in [5.74, 6) is 0. The van der Waals surface area contributed by atoms with E-state index in [-0.39, 0.29) is 0 Å². The van der Waals surface area contributed by atoms with Crippen LogP contribution < -0.4 is 0 Å². The summed E-state index contributed by atoms with van der Waals surface area (Å²) in [5.41, 5.74) is 2.88. The van der Waals surface area contributed by atoms with Crippen molar-refractivity contribution in [3.8, 4) is 0 Å². The number of benzene rings is 1. The third kappa shape index (κ3) is 1.02. The molecule has 0 radical (unpaired) electrons. The van der Waals surface area contributed by atoms with Gasteiger partial charge in [-0.05, 0) is 17.5 Å². The minimum atomic E-state index is 0.324. The summed E-state index contributed by atoms with van der Waals surface area (Å²) in [7, 11) is 0. The number of aliphatic imine (C=N–C) groups is 1. The highest BCUT2D eigenvalue weighted by Crippen LogP contribution is 2.31. The molecule has 1 atom stereocenters. The Morgan fingerprint density at radius 1 is 1.31 bits per heavy atom. The van der Waals surface area contributed by atoms with Gasteiger partial charge in [0.15, 0.2) is 0 Å². The molecule has 1 unspecified atom stereocenters. The zero-order valence-corrected chi connectivity index (χ0v) is 7.48. The van der Waals surface area contributed by atoms with Crippen molar-refractivity contribution in [2.75, 3.05) is 13.1 Å². The van der Waals surface area contributed by atoms with Crippen molar-refractivity contribution >= 4 is 6.21 Å². The van der Waals surface area contributed by atoms with E-state index in [4.69, 9.17) is 0 Å². The van der Waals surface area contributed by atoms with Crippen LogP contribution in [0.4, 0.5) is 0 Å². The van der Waals surface area contributed by atoms with Crippen LogP contribution in [0.5, 0.6) is 0 Å². The predicted molar refractivity (Wildman–Crippen MR) is 53.0 cm³/mol. The first-order chi connectivity index (χ1) is 6.45. The zero-order chi connectivity index (χ0) is 8.67. The highest BCUT2D eigenvalue weighted by atomic mass is 15.3. The van der Waals surface area contributed by atoms with Gasteiger partial charge in [0, 0.05) is 19.3 Å². The number of rotatable bonds is 0. The Hall–Kier alpha value is -1.15. The SMILES string of the molecule is C1=NC2c3ccccc3CCN2C1. The quantitative estimate of drug-likeness (QED) is 0.580. The molecule has 1 aromatic carbocycles. The minimum absolute atomic E-state index is 0.324. The Balaban J connectivity index is 2.10. The van der Waals surface area contributed by atoms with Crippen molar-refractivity contribution in [2.24, 2.45) is 4.99 Å². The molecule has 0 aliphatic carbocycles. The van der Waals surface area contributed by atoms with Gasteiger partial charge in [-0.15, -0.1) is 0 Å². The molecule has 2 aliphatic rings. The van der Waals surface area contributed by atoms with Gasteiger partial charge in [0.2, 0.25) is 0 Å². The van der Waals surface area contributed by atoms with Crippen LogP contribution in [0.3, 0.4) is 0 Å². The molecule has 1 aromatic rings. The molecule has 0 saturated heterocycles. The van der Waals surface area contributed by atoms with Gasteiger partial charge >= 0.3 is 0 Å². The molecule has 0 fully saturated rings. The first-order valence-corrected chi connectivity index (χ1v) is 4.78. The normalized spacial score (nSPS) is 25.7. The van der Waals surface area contributed by atoms with Crippen molar-refractivity contribution in [3.63, 3.8) is 0 Å². The van der Waals surface area contributed by atoms with E-state index in [0.717, 1.165) is 13.1 Å². The van der Waals surface area contributed by atoms with E-state index in [2.05, 4.69) is 34.2 Å². The average Bonchev–Trinajstić information content (AvgIpc) is 2.65. The first-order valence-electron chi connectivity index (χ1n) is 4.78. The fourth-order valence-electron chi connectivity index (χ4n) is 2.21. The van der Waals surface area contributed by atoms with Crippen LogP contribution >= 0.6 is 0 Å². The Kier molecular flexibility index (Phi) is 1.49. The lowest BCUT2D eigenvalue weighted by atomic mass is 9.98. The van der Waals surface area contributed by atoms with E-state index in [1.165, 1.54) is 17.5 Å². The summed E-state index contributed by atoms with van der Waals surface area (Å²) in [6.45, 7) is 2.18. The van der Waals surface area contributed by atoms with E-state index in [9.17, 15) is 0 Å². The second-order valence-electron chi connectivity index (χ2n) is 3.65. The van der Waals surface area contributed by atoms with E-state index in [1.807, 2.05) is 6.21 Å². The highest BCUT2D eigenvalue weighted by Gasteiger charge is 2.28. The van der Waals surface area contributed by atoms with E-state index in [1.54, 1.807) is 0 Å². The summed E-state index contributed by atoms with van der Waals surface area (Å²) in [4.78, 5) is 6.92. The molecule has 0 saturated carbocycles. The molecule has 0 bridgehead atoms. The second kappa shape index (κ2) is 2.67. The topological polar surface area (TPSA) is 15.6 Å². The molecule has 2 heterocycles. The van der Waals surface area contributed by atoms with Gasteiger partial charge in [0.25, 0.3) is 0 Å². The van der Waals surface area contributed by atoms with Crippen LogP contribution in [0.2, 0.25) is 0 Å². The van der Waals surface area contributed by atoms with Gasteiger partial charge in [-0.2, -0.15) is 0 Å². The first kappa shape index (κ1) is 7.27. The smallest absolute Gasteiger partial charge is 0.128 e. The number of hydrogen-bond donors (Lipinski definition) is 0. The Morgan fingerprint density at radius 3 is 3.23 bits per heavy atom. The summed E-state index contributed by atoms with van der Waals surface area (Å²) >= 11 is 0. The summed E-state index contributed by atoms with van der Waals surface area (Å²) < 4.78 is 0. The minimum Gasteiger partial charge on any atom is -0.273 e. The van der Waals surface area contributed by atoms with Crippen molar-refractivity contribution in [1.82, 2.24) is 4.90 Å². The van der Waals surface area contributed by atoms with Crippen molar-refractivity contribution in [3.05, 3.63) is 35.4 Å². The van der Waals surface area contributed by atoms with Gasteiger partial charge in [-0.25, -0.2) is 0 Å². The van der Waals surface area contributed by atoms with Gasteiger partial charge in [-0.3, -0.25) is 9.89 Å². The molecule has 66 valence electrons.